The molecule has 15 rings (SSSR count). The molecule has 5 saturated carbocycles. The molecular formula is C98H117Cl3F6N10O22S5. The molecule has 144 heavy (non-hydrogen) atoms. The third kappa shape index (κ3) is 25.8. The average molecular weight is 2170 g/mol. The van der Waals surface area contributed by atoms with Crippen LogP contribution < -0.4 is 51.4 Å². The predicted octanol–water partition coefficient (Wildman–Crippen LogP) is 11.5. The van der Waals surface area contributed by atoms with Crippen LogP contribution >= 0.6 is 34.8 Å². The van der Waals surface area contributed by atoms with E-state index in [9.17, 15) is 113 Å². The lowest BCUT2D eigenvalue weighted by Crippen LogP contribution is -2.35. The fraction of sp³-hybridized carbons (Fsp3) is 0.439. The standard InChI is InChI=1S/2C20H24ClFN2O5S.C20H25FN2O4S.C19H22ClFN2O4S.C19H22F2N2O4S/c2*1-12-3-4-13(16(22)7-12)8-18-17(9-15(21)19(27)24(18)2)23-30(28,29)20(5-6-20)10-14(26)11-25;1-13-4-5-15(16(21)10-13)12-18-17(11-14(2)19(25)23(18)3)22-28(26,27)20(6-7-20)8-9-24;1-12-3-4-13(15(21)9-12)10-17-16(11-14(20)18(25)23(17)2)22-28(26,27)19(5-6-19)7-8-24;1-12-3-4-13(14(20)9-12)10-17-16(11-15(21)18(25)23(17)2)22-28(26,27)19(5-6-19)7-8-24/h2*3-4,7,9,14,23,25-26H,5-6,8,10-11H2,1-2H3;4-5,10-11,22,24H,6-9,12H2,1-3H3;2*3-4,9,11,22,24H,5-8,10H2,1-2H3/t2*14-;;;/m10.../s1. The van der Waals surface area contributed by atoms with Gasteiger partial charge in [-0.25, -0.2) is 68.4 Å². The molecule has 5 aliphatic carbocycles. The molecule has 784 valence electrons. The van der Waals surface area contributed by atoms with Gasteiger partial charge >= 0.3 is 0 Å². The minimum atomic E-state index is -3.97. The molecule has 12 N–H and O–H groups in total. The number of nitrogens with one attached hydrogen (secondary N) is 5. The second-order valence-corrected chi connectivity index (χ2v) is 49.3. The number of aliphatic hydroxyl groups excluding tert-OH is 7. The van der Waals surface area contributed by atoms with Crippen LogP contribution in [0.15, 0.2) is 145 Å². The molecule has 5 aromatic heterocycles. The highest BCUT2D eigenvalue weighted by Crippen LogP contribution is 2.52. The van der Waals surface area contributed by atoms with Crippen molar-refractivity contribution in [3.8, 4) is 0 Å². The third-order valence-corrected chi connectivity index (χ3v) is 38.9. The van der Waals surface area contributed by atoms with Crippen LogP contribution in [-0.2, 0) is 117 Å². The van der Waals surface area contributed by atoms with E-state index in [2.05, 4.69) is 23.6 Å². The molecule has 10 aromatic rings. The summed E-state index contributed by atoms with van der Waals surface area (Å²) < 4.78 is 228. The highest BCUT2D eigenvalue weighted by molar-refractivity contribution is 7.95. The monoisotopic (exact) mass is 2160 g/mol. The fourth-order valence-electron chi connectivity index (χ4n) is 16.9. The lowest BCUT2D eigenvalue weighted by atomic mass is 10.0. The van der Waals surface area contributed by atoms with Gasteiger partial charge in [-0.1, -0.05) is 95.5 Å². The number of sulfonamides is 5. The van der Waals surface area contributed by atoms with E-state index in [0.29, 0.717) is 103 Å². The van der Waals surface area contributed by atoms with E-state index in [0.717, 1.165) is 38.5 Å². The minimum Gasteiger partial charge on any atom is -0.396 e. The van der Waals surface area contributed by atoms with E-state index in [1.54, 1.807) is 109 Å². The van der Waals surface area contributed by atoms with Gasteiger partial charge in [0.1, 0.15) is 44.2 Å². The van der Waals surface area contributed by atoms with Crippen molar-refractivity contribution in [2.24, 2.45) is 35.2 Å². The number of aliphatic hydroxyl groups is 7. The van der Waals surface area contributed by atoms with Crippen molar-refractivity contribution in [3.05, 3.63) is 313 Å². The van der Waals surface area contributed by atoms with Crippen molar-refractivity contribution in [3.63, 3.8) is 0 Å². The van der Waals surface area contributed by atoms with Gasteiger partial charge in [0.2, 0.25) is 50.1 Å². The number of anilines is 5. The molecule has 32 nitrogen and oxygen atoms in total. The Labute approximate surface area is 845 Å². The van der Waals surface area contributed by atoms with Gasteiger partial charge in [-0.05, 0) is 248 Å². The quantitative estimate of drug-likeness (QED) is 0.0161. The van der Waals surface area contributed by atoms with E-state index in [-0.39, 0.29) is 156 Å². The zero-order chi connectivity index (χ0) is 107. The van der Waals surface area contributed by atoms with E-state index in [4.69, 9.17) is 50.1 Å². The highest BCUT2D eigenvalue weighted by Gasteiger charge is 2.59. The Hall–Kier alpha value is -10.2. The number of aromatic nitrogens is 5. The van der Waals surface area contributed by atoms with Gasteiger partial charge in [0.05, 0.1) is 77.6 Å². The Balaban J connectivity index is 0.000000172. The van der Waals surface area contributed by atoms with Gasteiger partial charge in [0.25, 0.3) is 27.8 Å². The molecule has 2 atom stereocenters. The largest absolute Gasteiger partial charge is 0.396 e. The van der Waals surface area contributed by atoms with Crippen molar-refractivity contribution in [1.82, 2.24) is 22.8 Å². The zero-order valence-electron chi connectivity index (χ0n) is 80.8. The summed E-state index contributed by atoms with van der Waals surface area (Å²) in [6.45, 7) is 8.57. The van der Waals surface area contributed by atoms with Crippen molar-refractivity contribution < 1.29 is 104 Å². The van der Waals surface area contributed by atoms with Crippen molar-refractivity contribution in [2.75, 3.05) is 56.6 Å². The minimum absolute atomic E-state index is 0.0138. The van der Waals surface area contributed by atoms with E-state index >= 15 is 0 Å². The van der Waals surface area contributed by atoms with Crippen molar-refractivity contribution in [2.45, 2.75) is 206 Å². The van der Waals surface area contributed by atoms with E-state index < -0.39 is 156 Å². The Kier molecular flexibility index (Phi) is 35.8. The smallest absolute Gasteiger partial charge is 0.286 e. The molecule has 0 radical (unpaired) electrons. The zero-order valence-corrected chi connectivity index (χ0v) is 87.2. The second-order valence-electron chi connectivity index (χ2n) is 37.7. The van der Waals surface area contributed by atoms with Crippen LogP contribution in [0.4, 0.5) is 54.8 Å². The summed E-state index contributed by atoms with van der Waals surface area (Å²) in [6, 6.07) is 29.5. The number of rotatable bonds is 37. The lowest BCUT2D eigenvalue weighted by molar-refractivity contribution is 0.0858. The molecular weight excluding hydrogens is 2050 g/mol. The molecule has 0 saturated heterocycles. The molecule has 5 aliphatic rings. The molecule has 5 aromatic carbocycles. The molecule has 5 heterocycles. The molecule has 0 spiro atoms. The van der Waals surface area contributed by atoms with Gasteiger partial charge in [0, 0.05) is 127 Å². The summed E-state index contributed by atoms with van der Waals surface area (Å²) in [5, 5.41) is 64.7. The third-order valence-electron chi connectivity index (χ3n) is 27.0. The first-order valence-electron chi connectivity index (χ1n) is 45.8. The Morgan fingerprint density at radius 1 is 0.299 bits per heavy atom. The second kappa shape index (κ2) is 45.2. The number of nitrogens with zero attached hydrogens (tertiary/aromatic N) is 5. The number of hydrogen-bond donors (Lipinski definition) is 12. The molecule has 5 fully saturated rings. The van der Waals surface area contributed by atoms with Crippen LogP contribution in [0.2, 0.25) is 15.1 Å². The Bertz CT molecular complexity index is 6930. The van der Waals surface area contributed by atoms with Crippen LogP contribution in [0.25, 0.3) is 0 Å². The van der Waals surface area contributed by atoms with Crippen LogP contribution in [0.5, 0.6) is 0 Å². The summed E-state index contributed by atoms with van der Waals surface area (Å²) in [5.74, 6) is -3.37. The lowest BCUT2D eigenvalue weighted by Gasteiger charge is -2.22. The van der Waals surface area contributed by atoms with Crippen LogP contribution in [0.3, 0.4) is 0 Å². The number of hydrogen-bond acceptors (Lipinski definition) is 22. The molecule has 0 aliphatic heterocycles. The normalized spacial score (nSPS) is 15.8. The fourth-order valence-corrected chi connectivity index (χ4v) is 26.2. The first-order valence-corrected chi connectivity index (χ1v) is 54.3. The number of halogens is 9. The number of pyridine rings is 5. The van der Waals surface area contributed by atoms with Gasteiger partial charge in [0.15, 0.2) is 5.82 Å². The average Bonchev–Trinajstić information content (AvgIpc) is 1.59. The van der Waals surface area contributed by atoms with Gasteiger partial charge < -0.3 is 58.6 Å². The number of benzene rings is 5. The SMILES string of the molecule is Cc1ccc(Cc2c(NS(=O)(=O)C3(CCO)CC3)cc(C)c(=O)n2C)c(F)c1.Cc1ccc(Cc2c(NS(=O)(=O)C3(CCO)CC3)cc(Cl)c(=O)n2C)c(F)c1.Cc1ccc(Cc2c(NS(=O)(=O)C3(CCO)CC3)cc(F)c(=O)n2C)c(F)c1.Cc1ccc(Cc2c(NS(=O)(=O)C3(C[C@@H](O)CO)CC3)cc(Cl)c(=O)n2C)c(F)c1.Cc1ccc(Cc2c(NS(=O)(=O)C3(C[C@H](O)CO)CC3)cc(Cl)c(=O)n2C)c(F)c1. The van der Waals surface area contributed by atoms with E-state index in [1.165, 1.54) is 101 Å². The summed E-state index contributed by atoms with van der Waals surface area (Å²) >= 11 is 18.0. The Morgan fingerprint density at radius 3 is 0.708 bits per heavy atom. The summed E-state index contributed by atoms with van der Waals surface area (Å²) in [4.78, 5) is 61.4. The summed E-state index contributed by atoms with van der Waals surface area (Å²) in [7, 11) is -12.2. The predicted molar refractivity (Wildman–Crippen MR) is 541 cm³/mol. The molecule has 0 bridgehead atoms. The Morgan fingerprint density at radius 2 is 0.500 bits per heavy atom. The molecule has 0 amide bonds. The summed E-state index contributed by atoms with van der Waals surface area (Å²) in [5.41, 5.74) is 4.74. The first kappa shape index (κ1) is 114. The first-order chi connectivity index (χ1) is 67.3. The topological polar surface area (TPSA) is 482 Å². The van der Waals surface area contributed by atoms with Gasteiger partial charge in [-0.2, -0.15) is 0 Å². The van der Waals surface area contributed by atoms with E-state index in [1.807, 2.05) is 0 Å². The van der Waals surface area contributed by atoms with Crippen LogP contribution in [0, 0.1) is 76.4 Å². The van der Waals surface area contributed by atoms with Crippen LogP contribution in [-0.4, -0.2) is 170 Å². The number of aryl methyl sites for hydroxylation is 6. The van der Waals surface area contributed by atoms with Crippen molar-refractivity contribution >= 4 is 113 Å². The van der Waals surface area contributed by atoms with Crippen molar-refractivity contribution in [1.29, 1.82) is 0 Å². The maximum Gasteiger partial charge on any atom is 0.286 e. The molecule has 0 unspecified atom stereocenters. The molecule has 46 heteroatoms. The summed E-state index contributed by atoms with van der Waals surface area (Å²) in [6.07, 6.45) is 1.73. The maximum absolute atomic E-state index is 14.4. The van der Waals surface area contributed by atoms with Gasteiger partial charge in [-0.15, -0.1) is 0 Å². The maximum atomic E-state index is 14.4. The van der Waals surface area contributed by atoms with Gasteiger partial charge in [-0.3, -0.25) is 47.6 Å². The highest BCUT2D eigenvalue weighted by atomic mass is 35.5. The van der Waals surface area contributed by atoms with Crippen LogP contribution in [0.1, 0.15) is 186 Å².